The van der Waals surface area contributed by atoms with Gasteiger partial charge in [-0.2, -0.15) is 18.3 Å². The first-order valence-corrected chi connectivity index (χ1v) is 7.62. The minimum atomic E-state index is -4.40. The Morgan fingerprint density at radius 1 is 1.26 bits per heavy atom. The van der Waals surface area contributed by atoms with Crippen molar-refractivity contribution in [3.63, 3.8) is 0 Å². The molecule has 1 atom stereocenters. The maximum Gasteiger partial charge on any atom is 0.435 e. The molecule has 23 heavy (non-hydrogen) atoms. The number of hydrogen-bond donors (Lipinski definition) is 0. The molecule has 0 aliphatic carbocycles. The molecule has 3 heterocycles. The molecule has 0 N–H and O–H groups in total. The van der Waals surface area contributed by atoms with Gasteiger partial charge in [0.05, 0.1) is 17.9 Å². The van der Waals surface area contributed by atoms with Crippen molar-refractivity contribution in [1.29, 1.82) is 0 Å². The van der Waals surface area contributed by atoms with Gasteiger partial charge in [0.15, 0.2) is 5.69 Å². The van der Waals surface area contributed by atoms with Crippen LogP contribution in [0.3, 0.4) is 0 Å². The number of hydrogen-bond acceptors (Lipinski definition) is 4. The van der Waals surface area contributed by atoms with E-state index >= 15 is 0 Å². The Bertz CT molecular complexity index is 633. The van der Waals surface area contributed by atoms with Crippen molar-refractivity contribution in [3.8, 4) is 0 Å². The Balaban J connectivity index is 1.64. The van der Waals surface area contributed by atoms with E-state index in [1.54, 1.807) is 13.2 Å². The zero-order valence-electron chi connectivity index (χ0n) is 12.9. The summed E-state index contributed by atoms with van der Waals surface area (Å²) in [4.78, 5) is 2.17. The third-order valence-corrected chi connectivity index (χ3v) is 4.26. The number of aromatic nitrogens is 5. The largest absolute Gasteiger partial charge is 0.435 e. The molecular weight excluding hydrogens is 309 g/mol. The van der Waals surface area contributed by atoms with Gasteiger partial charge in [-0.25, -0.2) is 4.68 Å². The highest BCUT2D eigenvalue weighted by atomic mass is 19.4. The van der Waals surface area contributed by atoms with Gasteiger partial charge in [0.2, 0.25) is 0 Å². The maximum atomic E-state index is 12.7. The minimum absolute atomic E-state index is 0.305. The van der Waals surface area contributed by atoms with E-state index in [-0.39, 0.29) is 0 Å². The van der Waals surface area contributed by atoms with Gasteiger partial charge in [0.1, 0.15) is 0 Å². The minimum Gasteiger partial charge on any atom is -0.297 e. The normalized spacial score (nSPS) is 20.6. The highest BCUT2D eigenvalue weighted by Crippen LogP contribution is 2.29. The van der Waals surface area contributed by atoms with Crippen LogP contribution >= 0.6 is 0 Å². The van der Waals surface area contributed by atoms with Gasteiger partial charge in [0, 0.05) is 26.3 Å². The van der Waals surface area contributed by atoms with Crippen molar-refractivity contribution in [2.24, 2.45) is 7.05 Å². The summed E-state index contributed by atoms with van der Waals surface area (Å²) in [6.07, 6.45) is 2.02. The van der Waals surface area contributed by atoms with Gasteiger partial charge in [-0.15, -0.1) is 5.10 Å². The molecule has 2 aromatic rings. The summed E-state index contributed by atoms with van der Waals surface area (Å²) >= 11 is 0. The smallest absolute Gasteiger partial charge is 0.297 e. The van der Waals surface area contributed by atoms with Gasteiger partial charge in [-0.3, -0.25) is 9.58 Å². The van der Waals surface area contributed by atoms with Crippen molar-refractivity contribution in [2.75, 3.05) is 13.1 Å². The van der Waals surface area contributed by atoms with Crippen LogP contribution < -0.4 is 0 Å². The SMILES string of the molecule is Cn1nc(C(F)(F)F)cc1CN1CCCC(n2ccnn2)CC1. The molecule has 1 aliphatic rings. The second-order valence-corrected chi connectivity index (χ2v) is 5.89. The Morgan fingerprint density at radius 2 is 2.09 bits per heavy atom. The van der Waals surface area contributed by atoms with E-state index in [1.807, 2.05) is 10.9 Å². The average Bonchev–Trinajstić information content (AvgIpc) is 3.06. The van der Waals surface area contributed by atoms with Gasteiger partial charge in [0.25, 0.3) is 0 Å². The van der Waals surface area contributed by atoms with Crippen LogP contribution in [0.5, 0.6) is 0 Å². The van der Waals surface area contributed by atoms with E-state index < -0.39 is 11.9 Å². The monoisotopic (exact) mass is 328 g/mol. The molecule has 6 nitrogen and oxygen atoms in total. The molecule has 9 heteroatoms. The third-order valence-electron chi connectivity index (χ3n) is 4.26. The standard InChI is InChI=1S/C14H19F3N6/c1-21-12(9-13(19-21)14(15,16)17)10-22-6-2-3-11(4-7-22)23-8-5-18-20-23/h5,8-9,11H,2-4,6-7,10H2,1H3. The van der Waals surface area contributed by atoms with E-state index in [2.05, 4.69) is 20.3 Å². The summed E-state index contributed by atoms with van der Waals surface area (Å²) in [7, 11) is 1.56. The lowest BCUT2D eigenvalue weighted by molar-refractivity contribution is -0.141. The van der Waals surface area contributed by atoms with E-state index in [0.717, 1.165) is 38.4 Å². The Morgan fingerprint density at radius 3 is 2.74 bits per heavy atom. The molecule has 0 radical (unpaired) electrons. The second kappa shape index (κ2) is 6.31. The summed E-state index contributed by atoms with van der Waals surface area (Å²) in [5.74, 6) is 0. The highest BCUT2D eigenvalue weighted by Gasteiger charge is 2.34. The number of nitrogens with zero attached hydrogens (tertiary/aromatic N) is 6. The molecule has 0 amide bonds. The van der Waals surface area contributed by atoms with Gasteiger partial charge >= 0.3 is 6.18 Å². The predicted octanol–water partition coefficient (Wildman–Crippen LogP) is 2.26. The lowest BCUT2D eigenvalue weighted by atomic mass is 10.1. The third kappa shape index (κ3) is 3.72. The highest BCUT2D eigenvalue weighted by molar-refractivity contribution is 5.13. The first-order valence-electron chi connectivity index (χ1n) is 7.62. The maximum absolute atomic E-state index is 12.7. The average molecular weight is 328 g/mol. The van der Waals surface area contributed by atoms with E-state index in [0.29, 0.717) is 18.3 Å². The fraction of sp³-hybridized carbons (Fsp3) is 0.643. The number of alkyl halides is 3. The van der Waals surface area contributed by atoms with E-state index in [4.69, 9.17) is 0 Å². The molecule has 2 aromatic heterocycles. The molecule has 0 saturated carbocycles. The van der Waals surface area contributed by atoms with Crippen molar-refractivity contribution < 1.29 is 13.2 Å². The van der Waals surface area contributed by atoms with Crippen LogP contribution in [-0.4, -0.2) is 42.8 Å². The van der Waals surface area contributed by atoms with Crippen LogP contribution in [0.25, 0.3) is 0 Å². The van der Waals surface area contributed by atoms with Crippen LogP contribution in [0.15, 0.2) is 18.5 Å². The summed E-state index contributed by atoms with van der Waals surface area (Å²) in [5, 5.41) is 11.4. The molecule has 3 rings (SSSR count). The van der Waals surface area contributed by atoms with Crippen molar-refractivity contribution >= 4 is 0 Å². The fourth-order valence-corrected chi connectivity index (χ4v) is 2.99. The second-order valence-electron chi connectivity index (χ2n) is 5.89. The molecule has 126 valence electrons. The molecule has 0 bridgehead atoms. The quantitative estimate of drug-likeness (QED) is 0.867. The van der Waals surface area contributed by atoms with Gasteiger partial charge in [-0.05, 0) is 31.9 Å². The topological polar surface area (TPSA) is 51.8 Å². The zero-order valence-corrected chi connectivity index (χ0v) is 12.9. The molecule has 0 aromatic carbocycles. The summed E-state index contributed by atoms with van der Waals surface area (Å²) in [6.45, 7) is 2.15. The molecule has 1 aliphatic heterocycles. The number of halogens is 3. The first-order chi connectivity index (χ1) is 10.9. The lowest BCUT2D eigenvalue weighted by Gasteiger charge is -2.20. The van der Waals surface area contributed by atoms with E-state index in [1.165, 1.54) is 4.68 Å². The Kier molecular flexibility index (Phi) is 4.38. The predicted molar refractivity (Wildman–Crippen MR) is 76.4 cm³/mol. The van der Waals surface area contributed by atoms with Crippen LogP contribution in [0.4, 0.5) is 13.2 Å². The Labute approximate surface area is 131 Å². The first kappa shape index (κ1) is 16.0. The van der Waals surface area contributed by atoms with Crippen LogP contribution in [0.1, 0.15) is 36.7 Å². The zero-order chi connectivity index (χ0) is 16.4. The summed E-state index contributed by atoms with van der Waals surface area (Å²) in [5.41, 5.74) is -0.248. The van der Waals surface area contributed by atoms with Crippen molar-refractivity contribution in [2.45, 2.75) is 38.0 Å². The van der Waals surface area contributed by atoms with Gasteiger partial charge in [-0.1, -0.05) is 5.21 Å². The summed E-state index contributed by atoms with van der Waals surface area (Å²) in [6, 6.07) is 1.44. The Hall–Kier alpha value is -1.90. The van der Waals surface area contributed by atoms with Crippen LogP contribution in [0, 0.1) is 0 Å². The lowest BCUT2D eigenvalue weighted by Crippen LogP contribution is -2.25. The molecule has 0 spiro atoms. The molecule has 1 fully saturated rings. The van der Waals surface area contributed by atoms with Gasteiger partial charge < -0.3 is 0 Å². The van der Waals surface area contributed by atoms with Crippen LogP contribution in [0.2, 0.25) is 0 Å². The van der Waals surface area contributed by atoms with Crippen molar-refractivity contribution in [3.05, 3.63) is 29.8 Å². The fourth-order valence-electron chi connectivity index (χ4n) is 2.99. The number of aryl methyl sites for hydroxylation is 1. The van der Waals surface area contributed by atoms with Crippen LogP contribution in [-0.2, 0) is 19.8 Å². The summed E-state index contributed by atoms with van der Waals surface area (Å²) < 4.78 is 41.4. The van der Waals surface area contributed by atoms with E-state index in [9.17, 15) is 13.2 Å². The molecule has 1 unspecified atom stereocenters. The number of rotatable bonds is 3. The molecular formula is C14H19F3N6. The van der Waals surface area contributed by atoms with Crippen molar-refractivity contribution in [1.82, 2.24) is 29.7 Å². The molecule has 1 saturated heterocycles. The number of likely N-dealkylation sites (tertiary alicyclic amines) is 1.